The van der Waals surface area contributed by atoms with E-state index in [1.54, 1.807) is 26.0 Å². The molecular formula is C30H34FN3O6S. The van der Waals surface area contributed by atoms with Crippen LogP contribution in [-0.4, -0.2) is 56.3 Å². The number of anilines is 1. The maximum Gasteiger partial charge on any atom is 0.244 e. The topological polar surface area (TPSA) is 105 Å². The predicted molar refractivity (Wildman–Crippen MR) is 154 cm³/mol. The van der Waals surface area contributed by atoms with E-state index in [0.717, 1.165) is 9.87 Å². The van der Waals surface area contributed by atoms with E-state index in [-0.39, 0.29) is 42.8 Å². The molecule has 2 amide bonds. The van der Waals surface area contributed by atoms with Crippen molar-refractivity contribution in [2.24, 2.45) is 0 Å². The lowest BCUT2D eigenvalue weighted by Crippen LogP contribution is -2.54. The van der Waals surface area contributed by atoms with Crippen LogP contribution in [0.5, 0.6) is 11.5 Å². The lowest BCUT2D eigenvalue weighted by Gasteiger charge is -2.34. The summed E-state index contributed by atoms with van der Waals surface area (Å²) in [5, 5.41) is 2.86. The third-order valence-corrected chi connectivity index (χ3v) is 8.37. The van der Waals surface area contributed by atoms with Crippen LogP contribution in [0.3, 0.4) is 0 Å². The van der Waals surface area contributed by atoms with Gasteiger partial charge in [0.05, 0.1) is 11.4 Å². The summed E-state index contributed by atoms with van der Waals surface area (Å²) < 4.78 is 53.1. The molecule has 3 aromatic carbocycles. The first-order chi connectivity index (χ1) is 19.6. The van der Waals surface area contributed by atoms with E-state index in [9.17, 15) is 22.4 Å². The molecule has 11 heteroatoms. The van der Waals surface area contributed by atoms with Crippen molar-refractivity contribution in [3.8, 4) is 11.5 Å². The number of nitrogens with zero attached hydrogens (tertiary/aromatic N) is 2. The van der Waals surface area contributed by atoms with Crippen molar-refractivity contribution < 1.29 is 31.9 Å². The standard InChI is InChI=1S/C30H34FN3O6S/c1-4-41(37,38)34(24-14-15-27-28(17-24)40-20-39-27)19-29(35)33(18-23-12-8-9-13-25(23)31)26(30(36)32-21(2)3)16-22-10-6-5-7-11-22/h5-15,17,21,26H,4,16,18-20H2,1-3H3,(H,32,36)/t26-/m0/s1. The van der Waals surface area contributed by atoms with Crippen LogP contribution in [0.2, 0.25) is 0 Å². The van der Waals surface area contributed by atoms with E-state index in [0.29, 0.717) is 11.5 Å². The van der Waals surface area contributed by atoms with Crippen LogP contribution < -0.4 is 19.1 Å². The van der Waals surface area contributed by atoms with Crippen LogP contribution in [0.25, 0.3) is 0 Å². The first-order valence-electron chi connectivity index (χ1n) is 13.4. The number of hydrogen-bond donors (Lipinski definition) is 1. The van der Waals surface area contributed by atoms with Crippen molar-refractivity contribution in [1.82, 2.24) is 10.2 Å². The number of halogens is 1. The predicted octanol–water partition coefficient (Wildman–Crippen LogP) is 3.88. The molecule has 0 fully saturated rings. The van der Waals surface area contributed by atoms with Gasteiger partial charge in [-0.15, -0.1) is 0 Å². The minimum Gasteiger partial charge on any atom is -0.454 e. The van der Waals surface area contributed by atoms with Gasteiger partial charge in [0.15, 0.2) is 11.5 Å². The van der Waals surface area contributed by atoms with E-state index < -0.39 is 40.2 Å². The van der Waals surface area contributed by atoms with Crippen molar-refractivity contribution in [2.75, 3.05) is 23.4 Å². The normalized spacial score (nSPS) is 13.1. The number of amides is 2. The Morgan fingerprint density at radius 3 is 2.34 bits per heavy atom. The number of carbonyl (C=O) groups excluding carboxylic acids is 2. The van der Waals surface area contributed by atoms with Gasteiger partial charge in [-0.25, -0.2) is 12.8 Å². The maximum atomic E-state index is 14.8. The Morgan fingerprint density at radius 2 is 1.66 bits per heavy atom. The van der Waals surface area contributed by atoms with Crippen molar-refractivity contribution in [1.29, 1.82) is 0 Å². The lowest BCUT2D eigenvalue weighted by atomic mass is 10.0. The zero-order chi connectivity index (χ0) is 29.6. The highest BCUT2D eigenvalue weighted by atomic mass is 32.2. The van der Waals surface area contributed by atoms with E-state index in [2.05, 4.69) is 5.32 Å². The van der Waals surface area contributed by atoms with Crippen LogP contribution in [0.1, 0.15) is 31.9 Å². The smallest absolute Gasteiger partial charge is 0.244 e. The molecular weight excluding hydrogens is 549 g/mol. The van der Waals surface area contributed by atoms with Crippen LogP contribution in [-0.2, 0) is 32.6 Å². The van der Waals surface area contributed by atoms with Crippen molar-refractivity contribution in [2.45, 2.75) is 45.8 Å². The summed E-state index contributed by atoms with van der Waals surface area (Å²) in [6.45, 7) is 4.23. The van der Waals surface area contributed by atoms with Crippen molar-refractivity contribution >= 4 is 27.5 Å². The Kier molecular flexibility index (Phi) is 9.49. The maximum absolute atomic E-state index is 14.8. The van der Waals surface area contributed by atoms with Crippen LogP contribution >= 0.6 is 0 Å². The quantitative estimate of drug-likeness (QED) is 0.347. The molecule has 0 radical (unpaired) electrons. The number of sulfonamides is 1. The Morgan fingerprint density at radius 1 is 0.976 bits per heavy atom. The number of rotatable bonds is 12. The number of nitrogens with one attached hydrogen (secondary N) is 1. The molecule has 0 aliphatic carbocycles. The summed E-state index contributed by atoms with van der Waals surface area (Å²) in [5.41, 5.74) is 1.20. The van der Waals surface area contributed by atoms with Gasteiger partial charge < -0.3 is 19.7 Å². The first-order valence-corrected chi connectivity index (χ1v) is 15.0. The fraction of sp³-hybridized carbons (Fsp3) is 0.333. The summed E-state index contributed by atoms with van der Waals surface area (Å²) in [5.74, 6) is -1.09. The third-order valence-electron chi connectivity index (χ3n) is 6.62. The van der Waals surface area contributed by atoms with E-state index in [1.807, 2.05) is 30.3 Å². The molecule has 0 bridgehead atoms. The van der Waals surface area contributed by atoms with Gasteiger partial charge in [0.1, 0.15) is 18.4 Å². The van der Waals surface area contributed by atoms with Crippen LogP contribution in [0, 0.1) is 5.82 Å². The minimum absolute atomic E-state index is 0.000785. The van der Waals surface area contributed by atoms with Gasteiger partial charge in [-0.05, 0) is 44.5 Å². The Labute approximate surface area is 239 Å². The van der Waals surface area contributed by atoms with Gasteiger partial charge in [0.2, 0.25) is 28.6 Å². The highest BCUT2D eigenvalue weighted by Crippen LogP contribution is 2.36. The van der Waals surface area contributed by atoms with E-state index >= 15 is 0 Å². The number of fused-ring (bicyclic) bond motifs is 1. The highest BCUT2D eigenvalue weighted by molar-refractivity contribution is 7.92. The Balaban J connectivity index is 1.75. The fourth-order valence-electron chi connectivity index (χ4n) is 4.50. The fourth-order valence-corrected chi connectivity index (χ4v) is 5.56. The van der Waals surface area contributed by atoms with Crippen molar-refractivity contribution in [3.63, 3.8) is 0 Å². The molecule has 3 aromatic rings. The zero-order valence-corrected chi connectivity index (χ0v) is 24.1. The highest BCUT2D eigenvalue weighted by Gasteiger charge is 2.34. The molecule has 218 valence electrons. The summed E-state index contributed by atoms with van der Waals surface area (Å²) in [6.07, 6.45) is 0.143. The molecule has 1 N–H and O–H groups in total. The van der Waals surface area contributed by atoms with Crippen LogP contribution in [0.4, 0.5) is 10.1 Å². The molecule has 1 aliphatic rings. The molecule has 0 aromatic heterocycles. The number of benzene rings is 3. The zero-order valence-electron chi connectivity index (χ0n) is 23.2. The first kappa shape index (κ1) is 29.9. The van der Waals surface area contributed by atoms with E-state index in [1.165, 1.54) is 42.2 Å². The van der Waals surface area contributed by atoms with Gasteiger partial charge in [-0.3, -0.25) is 13.9 Å². The third kappa shape index (κ3) is 7.35. The van der Waals surface area contributed by atoms with E-state index in [4.69, 9.17) is 9.47 Å². The summed E-state index contributed by atoms with van der Waals surface area (Å²) in [6, 6.07) is 18.5. The summed E-state index contributed by atoms with van der Waals surface area (Å²) in [7, 11) is -3.95. The molecule has 9 nitrogen and oxygen atoms in total. The largest absolute Gasteiger partial charge is 0.454 e. The Hall–Kier alpha value is -4.12. The molecule has 0 saturated heterocycles. The van der Waals surface area contributed by atoms with Gasteiger partial charge >= 0.3 is 0 Å². The molecule has 4 rings (SSSR count). The molecule has 0 saturated carbocycles. The molecule has 1 atom stereocenters. The molecule has 1 heterocycles. The van der Waals surface area contributed by atoms with Gasteiger partial charge in [0.25, 0.3) is 0 Å². The number of carbonyl (C=O) groups is 2. The number of hydrogen-bond acceptors (Lipinski definition) is 6. The Bertz CT molecular complexity index is 1480. The SMILES string of the molecule is CCS(=O)(=O)N(CC(=O)N(Cc1ccccc1F)[C@@H](Cc1ccccc1)C(=O)NC(C)C)c1ccc2c(c1)OCO2. The molecule has 41 heavy (non-hydrogen) atoms. The second-order valence-corrected chi connectivity index (χ2v) is 12.1. The van der Waals surface area contributed by atoms with Gasteiger partial charge in [-0.2, -0.15) is 0 Å². The second kappa shape index (κ2) is 13.0. The average Bonchev–Trinajstić information content (AvgIpc) is 3.42. The van der Waals surface area contributed by atoms with Crippen LogP contribution in [0.15, 0.2) is 72.8 Å². The average molecular weight is 584 g/mol. The van der Waals surface area contributed by atoms with Gasteiger partial charge in [-0.1, -0.05) is 48.5 Å². The van der Waals surface area contributed by atoms with Gasteiger partial charge in [0, 0.05) is 30.6 Å². The second-order valence-electron chi connectivity index (χ2n) is 9.93. The number of ether oxygens (including phenoxy) is 2. The molecule has 1 aliphatic heterocycles. The lowest BCUT2D eigenvalue weighted by molar-refractivity contribution is -0.140. The molecule has 0 unspecified atom stereocenters. The molecule has 0 spiro atoms. The monoisotopic (exact) mass is 583 g/mol. The van der Waals surface area contributed by atoms with Crippen molar-refractivity contribution in [3.05, 3.63) is 89.7 Å². The summed E-state index contributed by atoms with van der Waals surface area (Å²) >= 11 is 0. The minimum atomic E-state index is -3.95. The summed E-state index contributed by atoms with van der Waals surface area (Å²) in [4.78, 5) is 28.9.